The number of hydrogen-bond acceptors (Lipinski definition) is 5. The number of carboxylic acid groups (broad SMARTS) is 2. The van der Waals surface area contributed by atoms with Crippen molar-refractivity contribution >= 4 is 22.8 Å². The number of fused-ring (bicyclic) bond motifs is 2. The smallest absolute Gasteiger partial charge is 0.337 e. The van der Waals surface area contributed by atoms with Crippen LogP contribution in [0.15, 0.2) is 48.5 Å². The van der Waals surface area contributed by atoms with E-state index in [-0.39, 0.29) is 12.4 Å². The Morgan fingerprint density at radius 2 is 1.74 bits per heavy atom. The SMILES string of the molecule is CCc1nc2ccccc2cc1C(=O)O.O=C(O)c1ccc2c(c1)OCO2. The van der Waals surface area contributed by atoms with Gasteiger partial charge in [-0.1, -0.05) is 25.1 Å². The predicted molar refractivity (Wildman–Crippen MR) is 97.6 cm³/mol. The number of rotatable bonds is 3. The lowest BCUT2D eigenvalue weighted by atomic mass is 10.1. The summed E-state index contributed by atoms with van der Waals surface area (Å²) in [4.78, 5) is 25.8. The number of pyridine rings is 1. The molecule has 2 heterocycles. The fraction of sp³-hybridized carbons (Fsp3) is 0.150. The highest BCUT2D eigenvalue weighted by atomic mass is 16.7. The second-order valence-electron chi connectivity index (χ2n) is 5.71. The van der Waals surface area contributed by atoms with E-state index in [1.165, 1.54) is 12.1 Å². The van der Waals surface area contributed by atoms with Gasteiger partial charge >= 0.3 is 11.9 Å². The van der Waals surface area contributed by atoms with Crippen LogP contribution in [0.25, 0.3) is 10.9 Å². The van der Waals surface area contributed by atoms with E-state index in [2.05, 4.69) is 4.98 Å². The highest BCUT2D eigenvalue weighted by Crippen LogP contribution is 2.32. The van der Waals surface area contributed by atoms with Crippen molar-refractivity contribution in [3.8, 4) is 11.5 Å². The minimum atomic E-state index is -0.965. The molecule has 0 fully saturated rings. The van der Waals surface area contributed by atoms with Gasteiger partial charge in [0.05, 0.1) is 22.3 Å². The Bertz CT molecular complexity index is 1010. The molecule has 27 heavy (non-hydrogen) atoms. The number of aromatic nitrogens is 1. The largest absolute Gasteiger partial charge is 0.478 e. The Kier molecular flexibility index (Phi) is 5.21. The van der Waals surface area contributed by atoms with Crippen LogP contribution in [-0.4, -0.2) is 33.9 Å². The van der Waals surface area contributed by atoms with E-state index < -0.39 is 11.9 Å². The molecule has 2 N–H and O–H groups in total. The van der Waals surface area contributed by atoms with Crippen LogP contribution in [-0.2, 0) is 6.42 Å². The Labute approximate surface area is 154 Å². The topological polar surface area (TPSA) is 106 Å². The van der Waals surface area contributed by atoms with Crippen molar-refractivity contribution in [1.29, 1.82) is 0 Å². The third kappa shape index (κ3) is 3.98. The molecule has 0 saturated heterocycles. The lowest BCUT2D eigenvalue weighted by Crippen LogP contribution is -2.04. The number of aromatic carboxylic acids is 2. The molecule has 3 aromatic rings. The first kappa shape index (κ1) is 18.2. The molecule has 1 aromatic heterocycles. The van der Waals surface area contributed by atoms with Crippen LogP contribution in [0.2, 0.25) is 0 Å². The van der Waals surface area contributed by atoms with Crippen LogP contribution < -0.4 is 9.47 Å². The molecule has 7 heteroatoms. The van der Waals surface area contributed by atoms with E-state index in [0.29, 0.717) is 29.2 Å². The van der Waals surface area contributed by atoms with Gasteiger partial charge in [0.1, 0.15) is 0 Å². The van der Waals surface area contributed by atoms with Crippen molar-refractivity contribution in [3.05, 3.63) is 65.4 Å². The molecule has 1 aliphatic heterocycles. The van der Waals surface area contributed by atoms with Crippen molar-refractivity contribution < 1.29 is 29.3 Å². The van der Waals surface area contributed by atoms with Gasteiger partial charge < -0.3 is 19.7 Å². The van der Waals surface area contributed by atoms with E-state index in [4.69, 9.17) is 19.7 Å². The minimum Gasteiger partial charge on any atom is -0.478 e. The van der Waals surface area contributed by atoms with E-state index >= 15 is 0 Å². The Hall–Kier alpha value is -3.61. The van der Waals surface area contributed by atoms with Crippen LogP contribution in [0.1, 0.15) is 33.3 Å². The zero-order chi connectivity index (χ0) is 19.4. The molecule has 0 unspecified atom stereocenters. The zero-order valence-corrected chi connectivity index (χ0v) is 14.5. The van der Waals surface area contributed by atoms with Gasteiger partial charge in [0.25, 0.3) is 0 Å². The van der Waals surface area contributed by atoms with Crippen LogP contribution in [0, 0.1) is 0 Å². The third-order valence-corrected chi connectivity index (χ3v) is 3.99. The molecule has 0 bridgehead atoms. The molecule has 2 aromatic carbocycles. The maximum atomic E-state index is 11.0. The van der Waals surface area contributed by atoms with Crippen LogP contribution in [0.3, 0.4) is 0 Å². The first-order valence-corrected chi connectivity index (χ1v) is 8.24. The van der Waals surface area contributed by atoms with E-state index in [1.54, 1.807) is 12.1 Å². The van der Waals surface area contributed by atoms with Crippen molar-refractivity contribution in [2.24, 2.45) is 0 Å². The molecule has 0 amide bonds. The normalized spacial score (nSPS) is 11.6. The van der Waals surface area contributed by atoms with Crippen LogP contribution in [0.4, 0.5) is 0 Å². The summed E-state index contributed by atoms with van der Waals surface area (Å²) in [6.07, 6.45) is 0.631. The lowest BCUT2D eigenvalue weighted by Gasteiger charge is -2.04. The summed E-state index contributed by atoms with van der Waals surface area (Å²) in [7, 11) is 0. The zero-order valence-electron chi connectivity index (χ0n) is 14.5. The molecular weight excluding hydrogens is 350 g/mol. The van der Waals surface area contributed by atoms with E-state index in [1.807, 2.05) is 31.2 Å². The predicted octanol–water partition coefficient (Wildman–Crippen LogP) is 3.61. The van der Waals surface area contributed by atoms with Gasteiger partial charge in [0.15, 0.2) is 11.5 Å². The highest BCUT2D eigenvalue weighted by molar-refractivity contribution is 5.94. The van der Waals surface area contributed by atoms with Gasteiger partial charge in [0, 0.05) is 5.39 Å². The van der Waals surface area contributed by atoms with Crippen molar-refractivity contribution in [2.75, 3.05) is 6.79 Å². The molecule has 0 spiro atoms. The summed E-state index contributed by atoms with van der Waals surface area (Å²) in [5, 5.41) is 18.5. The van der Waals surface area contributed by atoms with Crippen molar-refractivity contribution in [3.63, 3.8) is 0 Å². The lowest BCUT2D eigenvalue weighted by molar-refractivity contribution is 0.0685. The fourth-order valence-electron chi connectivity index (χ4n) is 2.64. The van der Waals surface area contributed by atoms with Gasteiger partial charge in [-0.3, -0.25) is 4.98 Å². The summed E-state index contributed by atoms with van der Waals surface area (Å²) in [5.74, 6) is -0.784. The number of carboxylic acids is 2. The van der Waals surface area contributed by atoms with Gasteiger partial charge in [-0.25, -0.2) is 9.59 Å². The maximum absolute atomic E-state index is 11.0. The van der Waals surface area contributed by atoms with Gasteiger partial charge in [-0.2, -0.15) is 0 Å². The maximum Gasteiger partial charge on any atom is 0.337 e. The summed E-state index contributed by atoms with van der Waals surface area (Å²) in [6.45, 7) is 2.07. The number of para-hydroxylation sites is 1. The molecule has 7 nitrogen and oxygen atoms in total. The second kappa shape index (κ2) is 7.74. The van der Waals surface area contributed by atoms with Crippen LogP contribution >= 0.6 is 0 Å². The van der Waals surface area contributed by atoms with E-state index in [0.717, 1.165) is 10.9 Å². The standard InChI is InChI=1S/C12H11NO2.C8H6O4/c1-2-10-9(12(14)15)7-8-5-3-4-6-11(8)13-10;9-8(10)5-1-2-6-7(3-5)12-4-11-6/h3-7H,2H2,1H3,(H,14,15);1-3H,4H2,(H,9,10). The Balaban J connectivity index is 0.000000159. The molecule has 0 atom stereocenters. The highest BCUT2D eigenvalue weighted by Gasteiger charge is 2.15. The molecule has 4 rings (SSSR count). The average molecular weight is 367 g/mol. The van der Waals surface area contributed by atoms with E-state index in [9.17, 15) is 9.59 Å². The number of hydrogen-bond donors (Lipinski definition) is 2. The van der Waals surface area contributed by atoms with Gasteiger partial charge in [-0.05, 0) is 36.8 Å². The number of benzene rings is 2. The molecule has 0 aliphatic carbocycles. The van der Waals surface area contributed by atoms with Gasteiger partial charge in [-0.15, -0.1) is 0 Å². The summed E-state index contributed by atoms with van der Waals surface area (Å²) >= 11 is 0. The monoisotopic (exact) mass is 367 g/mol. The van der Waals surface area contributed by atoms with Crippen molar-refractivity contribution in [1.82, 2.24) is 4.98 Å². The summed E-state index contributed by atoms with van der Waals surface area (Å²) in [6, 6.07) is 13.7. The first-order valence-electron chi connectivity index (χ1n) is 8.24. The summed E-state index contributed by atoms with van der Waals surface area (Å²) in [5.41, 5.74) is 2.00. The first-order chi connectivity index (χ1) is 13.0. The summed E-state index contributed by atoms with van der Waals surface area (Å²) < 4.78 is 10.0. The number of aryl methyl sites for hydroxylation is 1. The third-order valence-electron chi connectivity index (χ3n) is 3.99. The number of ether oxygens (including phenoxy) is 2. The number of carbonyl (C=O) groups is 2. The molecule has 138 valence electrons. The van der Waals surface area contributed by atoms with Gasteiger partial charge in [0.2, 0.25) is 6.79 Å². The molecular formula is C20H17NO6. The number of nitrogens with zero attached hydrogens (tertiary/aromatic N) is 1. The molecule has 0 radical (unpaired) electrons. The van der Waals surface area contributed by atoms with Crippen LogP contribution in [0.5, 0.6) is 11.5 Å². The fourth-order valence-corrected chi connectivity index (χ4v) is 2.64. The Morgan fingerprint density at radius 3 is 2.44 bits per heavy atom. The quantitative estimate of drug-likeness (QED) is 0.728. The molecule has 1 aliphatic rings. The Morgan fingerprint density at radius 1 is 1.00 bits per heavy atom. The molecule has 0 saturated carbocycles. The van der Waals surface area contributed by atoms with Crippen molar-refractivity contribution in [2.45, 2.75) is 13.3 Å². The minimum absolute atomic E-state index is 0.165. The second-order valence-corrected chi connectivity index (χ2v) is 5.71. The average Bonchev–Trinajstić information content (AvgIpc) is 3.15.